The van der Waals surface area contributed by atoms with Gasteiger partial charge in [0.25, 0.3) is 5.56 Å². The van der Waals surface area contributed by atoms with Crippen LogP contribution in [-0.4, -0.2) is 20.7 Å². The lowest BCUT2D eigenvalue weighted by Crippen LogP contribution is -2.27. The predicted molar refractivity (Wildman–Crippen MR) is 95.1 cm³/mol. The van der Waals surface area contributed by atoms with Gasteiger partial charge in [-0.15, -0.1) is 0 Å². The molecule has 0 aliphatic heterocycles. The number of benzene rings is 1. The Morgan fingerprint density at radius 3 is 2.83 bits per heavy atom. The van der Waals surface area contributed by atoms with E-state index in [1.165, 1.54) is 11.8 Å². The third-order valence-corrected chi connectivity index (χ3v) is 4.89. The summed E-state index contributed by atoms with van der Waals surface area (Å²) in [5.74, 6) is -0.435. The highest BCUT2D eigenvalue weighted by Gasteiger charge is 2.17. The number of carbonyl (C=O) groups is 1. The minimum Gasteiger partial charge on any atom is -0.369 e. The van der Waals surface area contributed by atoms with E-state index in [1.807, 2.05) is 0 Å². The second kappa shape index (κ2) is 7.84. The van der Waals surface area contributed by atoms with Gasteiger partial charge in [-0.3, -0.25) is 14.2 Å². The number of nitrogens with zero attached hydrogens (tertiary/aromatic N) is 2. The Balaban J connectivity index is 2.52. The maximum Gasteiger partial charge on any atom is 0.262 e. The molecule has 2 N–H and O–H groups in total. The van der Waals surface area contributed by atoms with Crippen LogP contribution in [0.3, 0.4) is 0 Å². The molecule has 0 radical (unpaired) electrons. The summed E-state index contributed by atoms with van der Waals surface area (Å²) in [6.45, 7) is 4.39. The number of halogens is 1. The van der Waals surface area contributed by atoms with Crippen LogP contribution in [0.15, 0.2) is 28.2 Å². The van der Waals surface area contributed by atoms with Gasteiger partial charge in [0.05, 0.1) is 16.2 Å². The van der Waals surface area contributed by atoms with E-state index in [-0.39, 0.29) is 5.56 Å². The van der Waals surface area contributed by atoms with Crippen molar-refractivity contribution < 1.29 is 4.79 Å². The molecule has 0 saturated carbocycles. The van der Waals surface area contributed by atoms with E-state index in [1.54, 1.807) is 29.7 Å². The summed E-state index contributed by atoms with van der Waals surface area (Å²) in [5, 5.41) is 1.09. The third-order valence-electron chi connectivity index (χ3n) is 3.55. The van der Waals surface area contributed by atoms with Crippen LogP contribution in [-0.2, 0) is 11.3 Å². The Hall–Kier alpha value is -1.53. The van der Waals surface area contributed by atoms with Gasteiger partial charge in [-0.25, -0.2) is 4.98 Å². The summed E-state index contributed by atoms with van der Waals surface area (Å²) in [4.78, 5) is 28.6. The molecule has 1 aromatic heterocycles. The maximum atomic E-state index is 12.8. The smallest absolute Gasteiger partial charge is 0.262 e. The van der Waals surface area contributed by atoms with Crippen LogP contribution in [0, 0.1) is 0 Å². The monoisotopic (exact) mass is 353 g/mol. The molecule has 0 aliphatic rings. The lowest BCUT2D eigenvalue weighted by atomic mass is 10.2. The van der Waals surface area contributed by atoms with Crippen molar-refractivity contribution in [3.05, 3.63) is 33.6 Å². The minimum atomic E-state index is -0.462. The number of primary amides is 1. The van der Waals surface area contributed by atoms with Crippen molar-refractivity contribution in [3.8, 4) is 0 Å². The summed E-state index contributed by atoms with van der Waals surface area (Å²) in [6, 6.07) is 5.03. The molecule has 0 aliphatic carbocycles. The normalized spacial score (nSPS) is 12.5. The lowest BCUT2D eigenvalue weighted by Gasteiger charge is -2.15. The molecule has 0 bridgehead atoms. The van der Waals surface area contributed by atoms with Gasteiger partial charge >= 0.3 is 0 Å². The van der Waals surface area contributed by atoms with Crippen LogP contribution in [0.4, 0.5) is 0 Å². The molecule has 2 rings (SSSR count). The van der Waals surface area contributed by atoms with Gasteiger partial charge in [0.2, 0.25) is 5.91 Å². The van der Waals surface area contributed by atoms with Crippen molar-refractivity contribution in [2.24, 2.45) is 5.73 Å². The van der Waals surface area contributed by atoms with E-state index in [0.29, 0.717) is 27.6 Å². The second-order valence-electron chi connectivity index (χ2n) is 5.38. The molecule has 5 nitrogen and oxygen atoms in total. The highest BCUT2D eigenvalue weighted by molar-refractivity contribution is 8.00. The molecule has 0 spiro atoms. The Bertz CT molecular complexity index is 776. The van der Waals surface area contributed by atoms with Crippen molar-refractivity contribution in [1.82, 2.24) is 9.55 Å². The Morgan fingerprint density at radius 1 is 1.43 bits per heavy atom. The highest BCUT2D eigenvalue weighted by atomic mass is 35.5. The fourth-order valence-corrected chi connectivity index (χ4v) is 3.25. The summed E-state index contributed by atoms with van der Waals surface area (Å²) in [6.07, 6.45) is 2.97. The number of unbranched alkanes of at least 4 members (excludes halogenated alkanes) is 2. The topological polar surface area (TPSA) is 78.0 Å². The maximum absolute atomic E-state index is 12.8. The van der Waals surface area contributed by atoms with Gasteiger partial charge < -0.3 is 5.73 Å². The molecule has 1 aromatic carbocycles. The molecule has 1 amide bonds. The van der Waals surface area contributed by atoms with Crippen molar-refractivity contribution in [2.45, 2.75) is 50.1 Å². The first-order chi connectivity index (χ1) is 10.9. The standard InChI is InChI=1S/C16H20ClN3O2S/c1-3-4-5-8-20-15(22)12-7-6-11(17)9-13(12)19-16(20)23-10(2)14(18)21/h6-7,9-10H,3-5,8H2,1-2H3,(H2,18,21)/t10-/m0/s1. The van der Waals surface area contributed by atoms with Crippen molar-refractivity contribution in [3.63, 3.8) is 0 Å². The van der Waals surface area contributed by atoms with Crippen LogP contribution in [0.5, 0.6) is 0 Å². The van der Waals surface area contributed by atoms with Crippen LogP contribution >= 0.6 is 23.4 Å². The molecule has 1 heterocycles. The van der Waals surface area contributed by atoms with Crippen LogP contribution < -0.4 is 11.3 Å². The fraction of sp³-hybridized carbons (Fsp3) is 0.438. The zero-order valence-corrected chi connectivity index (χ0v) is 14.8. The number of fused-ring (bicyclic) bond motifs is 1. The number of thioether (sulfide) groups is 1. The molecule has 1 atom stereocenters. The highest BCUT2D eigenvalue weighted by Crippen LogP contribution is 2.24. The van der Waals surface area contributed by atoms with Gasteiger partial charge in [0, 0.05) is 11.6 Å². The third kappa shape index (κ3) is 4.26. The zero-order chi connectivity index (χ0) is 17.0. The van der Waals surface area contributed by atoms with Crippen molar-refractivity contribution in [2.75, 3.05) is 0 Å². The SMILES string of the molecule is CCCCCn1c(S[C@@H](C)C(N)=O)nc2cc(Cl)ccc2c1=O. The summed E-state index contributed by atoms with van der Waals surface area (Å²) < 4.78 is 1.63. The van der Waals surface area contributed by atoms with Crippen LogP contribution in [0.2, 0.25) is 5.02 Å². The molecular weight excluding hydrogens is 334 g/mol. The number of aromatic nitrogens is 2. The summed E-state index contributed by atoms with van der Waals surface area (Å²) in [7, 11) is 0. The number of carbonyl (C=O) groups excluding carboxylic acids is 1. The Labute approximate surface area is 144 Å². The summed E-state index contributed by atoms with van der Waals surface area (Å²) in [5.41, 5.74) is 5.76. The van der Waals surface area contributed by atoms with Gasteiger partial charge in [-0.1, -0.05) is 43.1 Å². The van der Waals surface area contributed by atoms with Gasteiger partial charge in [0.1, 0.15) is 0 Å². The molecule has 0 saturated heterocycles. The lowest BCUT2D eigenvalue weighted by molar-refractivity contribution is -0.117. The first-order valence-electron chi connectivity index (χ1n) is 7.60. The van der Waals surface area contributed by atoms with E-state index in [0.717, 1.165) is 19.3 Å². The van der Waals surface area contributed by atoms with Crippen molar-refractivity contribution >= 4 is 40.2 Å². The molecule has 124 valence electrons. The number of rotatable bonds is 7. The average molecular weight is 354 g/mol. The first kappa shape index (κ1) is 17.8. The number of hydrogen-bond donors (Lipinski definition) is 1. The van der Waals surface area contributed by atoms with E-state index >= 15 is 0 Å². The Morgan fingerprint density at radius 2 is 2.17 bits per heavy atom. The fourth-order valence-electron chi connectivity index (χ4n) is 2.20. The zero-order valence-electron chi connectivity index (χ0n) is 13.2. The van der Waals surface area contributed by atoms with Crippen molar-refractivity contribution in [1.29, 1.82) is 0 Å². The Kier molecular flexibility index (Phi) is 6.07. The van der Waals surface area contributed by atoms with Crippen LogP contribution in [0.25, 0.3) is 10.9 Å². The molecule has 23 heavy (non-hydrogen) atoms. The minimum absolute atomic E-state index is 0.109. The van der Waals surface area contributed by atoms with Crippen LogP contribution in [0.1, 0.15) is 33.1 Å². The quantitative estimate of drug-likeness (QED) is 0.471. The largest absolute Gasteiger partial charge is 0.369 e. The van der Waals surface area contributed by atoms with E-state index in [9.17, 15) is 9.59 Å². The molecular formula is C16H20ClN3O2S. The number of hydrogen-bond acceptors (Lipinski definition) is 4. The van der Waals surface area contributed by atoms with Gasteiger partial charge in [0.15, 0.2) is 5.16 Å². The number of amides is 1. The van der Waals surface area contributed by atoms with Gasteiger partial charge in [-0.05, 0) is 31.5 Å². The predicted octanol–water partition coefficient (Wildman–Crippen LogP) is 3.21. The molecule has 0 fully saturated rings. The summed E-state index contributed by atoms with van der Waals surface area (Å²) >= 11 is 7.20. The molecule has 7 heteroatoms. The van der Waals surface area contributed by atoms with E-state index < -0.39 is 11.2 Å². The average Bonchev–Trinajstić information content (AvgIpc) is 2.49. The first-order valence-corrected chi connectivity index (χ1v) is 8.86. The second-order valence-corrected chi connectivity index (χ2v) is 7.13. The molecule has 0 unspecified atom stereocenters. The van der Waals surface area contributed by atoms with E-state index in [4.69, 9.17) is 17.3 Å². The molecule has 2 aromatic rings. The number of nitrogens with two attached hydrogens (primary N) is 1. The van der Waals surface area contributed by atoms with Gasteiger partial charge in [-0.2, -0.15) is 0 Å². The van der Waals surface area contributed by atoms with E-state index in [2.05, 4.69) is 11.9 Å².